The molecule has 0 bridgehead atoms. The number of rotatable bonds is 3. The summed E-state index contributed by atoms with van der Waals surface area (Å²) in [4.78, 5) is 4.19. The molecule has 1 unspecified atom stereocenters. The standard InChI is InChI=1S/C12H16N2O/c1-9-2-4-10(5-3-9)6-7-11-8-15-12(13)14-11/h2-5,11H,6-8H2,1H3,(H2,13,14). The number of hydrogen-bond acceptors (Lipinski definition) is 3. The number of benzene rings is 1. The van der Waals surface area contributed by atoms with Crippen molar-refractivity contribution in [2.24, 2.45) is 10.7 Å². The van der Waals surface area contributed by atoms with Crippen molar-refractivity contribution in [1.82, 2.24) is 0 Å². The first-order valence-corrected chi connectivity index (χ1v) is 5.25. The first-order chi connectivity index (χ1) is 7.24. The van der Waals surface area contributed by atoms with Gasteiger partial charge in [0.1, 0.15) is 6.61 Å². The van der Waals surface area contributed by atoms with Crippen LogP contribution in [0.5, 0.6) is 0 Å². The predicted molar refractivity (Wildman–Crippen MR) is 60.9 cm³/mol. The Morgan fingerprint density at radius 2 is 2.13 bits per heavy atom. The van der Waals surface area contributed by atoms with Crippen LogP contribution in [0.1, 0.15) is 17.5 Å². The van der Waals surface area contributed by atoms with Crippen LogP contribution in [0.25, 0.3) is 0 Å². The van der Waals surface area contributed by atoms with Crippen LogP contribution in [0, 0.1) is 6.92 Å². The highest BCUT2D eigenvalue weighted by molar-refractivity contribution is 5.72. The Morgan fingerprint density at radius 3 is 2.73 bits per heavy atom. The minimum absolute atomic E-state index is 0.242. The van der Waals surface area contributed by atoms with E-state index >= 15 is 0 Å². The monoisotopic (exact) mass is 204 g/mol. The van der Waals surface area contributed by atoms with Crippen molar-refractivity contribution in [3.63, 3.8) is 0 Å². The van der Waals surface area contributed by atoms with Crippen LogP contribution in [0.15, 0.2) is 29.3 Å². The smallest absolute Gasteiger partial charge is 0.282 e. The Balaban J connectivity index is 1.86. The van der Waals surface area contributed by atoms with E-state index in [0.29, 0.717) is 12.6 Å². The summed E-state index contributed by atoms with van der Waals surface area (Å²) in [5, 5.41) is 0. The third-order valence-electron chi connectivity index (χ3n) is 2.62. The van der Waals surface area contributed by atoms with Gasteiger partial charge < -0.3 is 10.5 Å². The lowest BCUT2D eigenvalue weighted by molar-refractivity contribution is 0.308. The maximum absolute atomic E-state index is 5.44. The zero-order valence-corrected chi connectivity index (χ0v) is 8.94. The van der Waals surface area contributed by atoms with Crippen molar-refractivity contribution in [2.45, 2.75) is 25.8 Å². The molecule has 0 fully saturated rings. The summed E-state index contributed by atoms with van der Waals surface area (Å²) in [6, 6.07) is 9.18. The van der Waals surface area contributed by atoms with E-state index < -0.39 is 0 Å². The third-order valence-corrected chi connectivity index (χ3v) is 2.62. The van der Waals surface area contributed by atoms with E-state index in [-0.39, 0.29) is 6.04 Å². The molecule has 0 aromatic heterocycles. The van der Waals surface area contributed by atoms with E-state index in [1.54, 1.807) is 0 Å². The molecule has 80 valence electrons. The van der Waals surface area contributed by atoms with Crippen LogP contribution >= 0.6 is 0 Å². The summed E-state index contributed by atoms with van der Waals surface area (Å²) < 4.78 is 5.10. The van der Waals surface area contributed by atoms with Crippen LogP contribution in [0.4, 0.5) is 0 Å². The van der Waals surface area contributed by atoms with Crippen molar-refractivity contribution in [2.75, 3.05) is 6.61 Å². The van der Waals surface area contributed by atoms with Crippen molar-refractivity contribution in [3.05, 3.63) is 35.4 Å². The van der Waals surface area contributed by atoms with E-state index in [1.807, 2.05) is 0 Å². The average Bonchev–Trinajstić information content (AvgIpc) is 2.64. The molecule has 15 heavy (non-hydrogen) atoms. The number of aliphatic imine (C=N–C) groups is 1. The molecule has 1 heterocycles. The van der Waals surface area contributed by atoms with Crippen molar-refractivity contribution >= 4 is 6.02 Å². The fourth-order valence-electron chi connectivity index (χ4n) is 1.67. The third kappa shape index (κ3) is 2.72. The number of amidine groups is 1. The second-order valence-corrected chi connectivity index (χ2v) is 3.96. The topological polar surface area (TPSA) is 47.6 Å². The average molecular weight is 204 g/mol. The maximum Gasteiger partial charge on any atom is 0.282 e. The molecule has 0 spiro atoms. The van der Waals surface area contributed by atoms with Gasteiger partial charge in [0, 0.05) is 0 Å². The summed E-state index contributed by atoms with van der Waals surface area (Å²) in [7, 11) is 0. The number of ether oxygens (including phenoxy) is 1. The largest absolute Gasteiger partial charge is 0.463 e. The quantitative estimate of drug-likeness (QED) is 0.813. The molecule has 1 aromatic rings. The van der Waals surface area contributed by atoms with Crippen LogP contribution in [-0.2, 0) is 11.2 Å². The van der Waals surface area contributed by atoms with Crippen molar-refractivity contribution < 1.29 is 4.74 Å². The Hall–Kier alpha value is -1.51. The number of hydrogen-bond donors (Lipinski definition) is 1. The molecule has 0 saturated carbocycles. The molecule has 1 aliphatic rings. The summed E-state index contributed by atoms with van der Waals surface area (Å²) in [6.45, 7) is 2.73. The van der Waals surface area contributed by atoms with Gasteiger partial charge in [-0.2, -0.15) is 0 Å². The van der Waals surface area contributed by atoms with Crippen LogP contribution < -0.4 is 5.73 Å². The molecule has 1 atom stereocenters. The minimum Gasteiger partial charge on any atom is -0.463 e. The Labute approximate surface area is 90.0 Å². The molecular weight excluding hydrogens is 188 g/mol. The van der Waals surface area contributed by atoms with E-state index in [4.69, 9.17) is 10.5 Å². The molecule has 0 aliphatic carbocycles. The number of nitrogens with two attached hydrogens (primary N) is 1. The van der Waals surface area contributed by atoms with Crippen LogP contribution in [0.3, 0.4) is 0 Å². The molecule has 0 amide bonds. The van der Waals surface area contributed by atoms with Crippen molar-refractivity contribution in [3.8, 4) is 0 Å². The summed E-state index contributed by atoms with van der Waals surface area (Å²) in [6.07, 6.45) is 2.04. The van der Waals surface area contributed by atoms with Gasteiger partial charge in [0.25, 0.3) is 6.02 Å². The van der Waals surface area contributed by atoms with Gasteiger partial charge in [-0.1, -0.05) is 29.8 Å². The van der Waals surface area contributed by atoms with E-state index in [0.717, 1.165) is 12.8 Å². The summed E-state index contributed by atoms with van der Waals surface area (Å²) in [5.74, 6) is 0. The second-order valence-electron chi connectivity index (χ2n) is 3.96. The molecule has 0 saturated heterocycles. The van der Waals surface area contributed by atoms with Gasteiger partial charge in [-0.25, -0.2) is 4.99 Å². The lowest BCUT2D eigenvalue weighted by atomic mass is 10.0. The Kier molecular flexibility index (Phi) is 2.90. The van der Waals surface area contributed by atoms with Gasteiger partial charge in [0.2, 0.25) is 0 Å². The maximum atomic E-state index is 5.44. The molecule has 3 nitrogen and oxygen atoms in total. The van der Waals surface area contributed by atoms with Crippen LogP contribution in [-0.4, -0.2) is 18.7 Å². The molecule has 1 aliphatic heterocycles. The first-order valence-electron chi connectivity index (χ1n) is 5.25. The normalized spacial score (nSPS) is 19.8. The molecular formula is C12H16N2O. The second kappa shape index (κ2) is 4.34. The fraction of sp³-hybridized carbons (Fsp3) is 0.417. The van der Waals surface area contributed by atoms with E-state index in [9.17, 15) is 0 Å². The summed E-state index contributed by atoms with van der Waals surface area (Å²) in [5.41, 5.74) is 8.09. The molecule has 2 N–H and O–H groups in total. The molecule has 1 aromatic carbocycles. The minimum atomic E-state index is 0.242. The molecule has 3 heteroatoms. The Bertz CT molecular complexity index is 356. The van der Waals surface area contributed by atoms with E-state index in [2.05, 4.69) is 36.2 Å². The fourth-order valence-corrected chi connectivity index (χ4v) is 1.67. The zero-order valence-electron chi connectivity index (χ0n) is 8.94. The van der Waals surface area contributed by atoms with E-state index in [1.165, 1.54) is 11.1 Å². The predicted octanol–water partition coefficient (Wildman–Crippen LogP) is 1.64. The van der Waals surface area contributed by atoms with Gasteiger partial charge in [-0.05, 0) is 25.3 Å². The molecule has 2 rings (SSSR count). The first kappa shape index (κ1) is 10.0. The molecule has 0 radical (unpaired) electrons. The summed E-state index contributed by atoms with van der Waals surface area (Å²) >= 11 is 0. The lowest BCUT2D eigenvalue weighted by Gasteiger charge is -2.05. The highest BCUT2D eigenvalue weighted by Gasteiger charge is 2.15. The number of aryl methyl sites for hydroxylation is 2. The van der Waals surface area contributed by atoms with Crippen LogP contribution in [0.2, 0.25) is 0 Å². The van der Waals surface area contributed by atoms with Gasteiger partial charge in [0.05, 0.1) is 6.04 Å². The van der Waals surface area contributed by atoms with Gasteiger partial charge in [-0.3, -0.25) is 0 Å². The van der Waals surface area contributed by atoms with Crippen molar-refractivity contribution in [1.29, 1.82) is 0 Å². The number of nitrogens with zero attached hydrogens (tertiary/aromatic N) is 1. The zero-order chi connectivity index (χ0) is 10.7. The Morgan fingerprint density at radius 1 is 1.40 bits per heavy atom. The SMILES string of the molecule is Cc1ccc(CCC2COC(N)=N2)cc1. The van der Waals surface area contributed by atoms with Gasteiger partial charge >= 0.3 is 0 Å². The highest BCUT2D eigenvalue weighted by atomic mass is 16.5. The van der Waals surface area contributed by atoms with Gasteiger partial charge in [0.15, 0.2) is 0 Å². The highest BCUT2D eigenvalue weighted by Crippen LogP contribution is 2.12. The van der Waals surface area contributed by atoms with Gasteiger partial charge in [-0.15, -0.1) is 0 Å². The lowest BCUT2D eigenvalue weighted by Crippen LogP contribution is -2.10.